The monoisotopic (exact) mass is 265 g/mol. The van der Waals surface area contributed by atoms with Gasteiger partial charge in [-0.05, 0) is 18.6 Å². The predicted molar refractivity (Wildman–Crippen MR) is 70.7 cm³/mol. The van der Waals surface area contributed by atoms with E-state index in [9.17, 15) is 9.59 Å². The molecule has 0 aromatic carbocycles. The van der Waals surface area contributed by atoms with Crippen LogP contribution in [0.1, 0.15) is 35.8 Å². The fourth-order valence-electron chi connectivity index (χ4n) is 1.39. The number of nitrogens with zero attached hydrogens (tertiary/aromatic N) is 1. The third-order valence-electron chi connectivity index (χ3n) is 2.42. The highest BCUT2D eigenvalue weighted by Crippen LogP contribution is 2.01. The summed E-state index contributed by atoms with van der Waals surface area (Å²) in [5.74, 6) is -0.467. The average Bonchev–Trinajstić information content (AvgIpc) is 2.40. The maximum absolute atomic E-state index is 11.7. The number of methoxy groups -OCH3 is 1. The Morgan fingerprint density at radius 3 is 2.74 bits per heavy atom. The van der Waals surface area contributed by atoms with E-state index in [0.717, 1.165) is 18.5 Å². The third-order valence-corrected chi connectivity index (χ3v) is 2.42. The second-order valence-electron chi connectivity index (χ2n) is 4.03. The summed E-state index contributed by atoms with van der Waals surface area (Å²) in [5, 5.41) is 4.85. The molecule has 0 aliphatic carbocycles. The number of aromatic nitrogens is 1. The zero-order valence-electron chi connectivity index (χ0n) is 11.2. The van der Waals surface area contributed by atoms with Crippen LogP contribution in [0.3, 0.4) is 0 Å². The molecule has 1 rings (SSSR count). The second-order valence-corrected chi connectivity index (χ2v) is 4.03. The van der Waals surface area contributed by atoms with E-state index in [1.165, 1.54) is 6.20 Å². The lowest BCUT2D eigenvalue weighted by atomic mass is 10.2. The summed E-state index contributed by atoms with van der Waals surface area (Å²) in [4.78, 5) is 27.2. The molecule has 0 fully saturated rings. The SMILES string of the molecule is CCCCNC(=O)NC(=O)c1ccc(COC)nc1. The zero-order valence-corrected chi connectivity index (χ0v) is 11.2. The van der Waals surface area contributed by atoms with E-state index in [4.69, 9.17) is 4.74 Å². The molecule has 2 N–H and O–H groups in total. The van der Waals surface area contributed by atoms with Crippen molar-refractivity contribution in [3.63, 3.8) is 0 Å². The Hall–Kier alpha value is -1.95. The normalized spacial score (nSPS) is 10.0. The molecule has 104 valence electrons. The minimum Gasteiger partial charge on any atom is -0.378 e. The molecule has 0 saturated heterocycles. The quantitative estimate of drug-likeness (QED) is 0.763. The lowest BCUT2D eigenvalue weighted by Gasteiger charge is -2.06. The van der Waals surface area contributed by atoms with Gasteiger partial charge in [-0.3, -0.25) is 15.1 Å². The Morgan fingerprint density at radius 2 is 2.16 bits per heavy atom. The van der Waals surface area contributed by atoms with Crippen LogP contribution in [0.5, 0.6) is 0 Å². The van der Waals surface area contributed by atoms with Crippen LogP contribution < -0.4 is 10.6 Å². The standard InChI is InChI=1S/C13H19N3O3/c1-3-4-7-14-13(18)16-12(17)10-5-6-11(9-19-2)15-8-10/h5-6,8H,3-4,7,9H2,1-2H3,(H2,14,16,17,18). The van der Waals surface area contributed by atoms with Crippen molar-refractivity contribution in [2.75, 3.05) is 13.7 Å². The van der Waals surface area contributed by atoms with Crippen LogP contribution in [-0.4, -0.2) is 30.6 Å². The molecule has 0 bridgehead atoms. The summed E-state index contributed by atoms with van der Waals surface area (Å²) in [5.41, 5.74) is 1.07. The van der Waals surface area contributed by atoms with Crippen molar-refractivity contribution < 1.29 is 14.3 Å². The lowest BCUT2D eigenvalue weighted by Crippen LogP contribution is -2.39. The molecule has 0 unspecified atom stereocenters. The van der Waals surface area contributed by atoms with Crippen LogP contribution in [0.25, 0.3) is 0 Å². The summed E-state index contributed by atoms with van der Waals surface area (Å²) in [6.45, 7) is 2.97. The Kier molecular flexibility index (Phi) is 6.52. The number of urea groups is 1. The van der Waals surface area contributed by atoms with Crippen molar-refractivity contribution in [3.8, 4) is 0 Å². The van der Waals surface area contributed by atoms with Gasteiger partial charge in [0.05, 0.1) is 17.9 Å². The smallest absolute Gasteiger partial charge is 0.321 e. The number of imide groups is 1. The molecule has 3 amide bonds. The molecule has 1 aromatic heterocycles. The molecule has 1 aromatic rings. The fourth-order valence-corrected chi connectivity index (χ4v) is 1.39. The number of pyridine rings is 1. The van der Waals surface area contributed by atoms with Gasteiger partial charge in [-0.25, -0.2) is 4.79 Å². The summed E-state index contributed by atoms with van der Waals surface area (Å²) >= 11 is 0. The fraction of sp³-hybridized carbons (Fsp3) is 0.462. The highest BCUT2D eigenvalue weighted by molar-refractivity contribution is 6.03. The van der Waals surface area contributed by atoms with E-state index < -0.39 is 11.9 Å². The van der Waals surface area contributed by atoms with Gasteiger partial charge in [0.1, 0.15) is 0 Å². The number of carbonyl (C=O) groups is 2. The molecule has 6 heteroatoms. The molecule has 19 heavy (non-hydrogen) atoms. The number of unbranched alkanes of at least 4 members (excludes halogenated alkanes) is 1. The minimum absolute atomic E-state index is 0.338. The van der Waals surface area contributed by atoms with Gasteiger partial charge in [0.25, 0.3) is 5.91 Å². The molecule has 0 atom stereocenters. The van der Waals surface area contributed by atoms with E-state index in [1.54, 1.807) is 19.2 Å². The number of hydrogen-bond donors (Lipinski definition) is 2. The van der Waals surface area contributed by atoms with Crippen molar-refractivity contribution in [1.29, 1.82) is 0 Å². The van der Waals surface area contributed by atoms with E-state index in [0.29, 0.717) is 18.7 Å². The number of ether oxygens (including phenoxy) is 1. The Labute approximate surface area is 112 Å². The third kappa shape index (κ3) is 5.48. The first-order chi connectivity index (χ1) is 9.17. The highest BCUT2D eigenvalue weighted by Gasteiger charge is 2.10. The summed E-state index contributed by atoms with van der Waals surface area (Å²) in [7, 11) is 1.57. The number of rotatable bonds is 6. The molecular weight excluding hydrogens is 246 g/mol. The first-order valence-corrected chi connectivity index (χ1v) is 6.20. The number of hydrogen-bond acceptors (Lipinski definition) is 4. The molecule has 0 saturated carbocycles. The molecular formula is C13H19N3O3. The zero-order chi connectivity index (χ0) is 14.1. The van der Waals surface area contributed by atoms with Gasteiger partial charge in [0, 0.05) is 19.9 Å². The van der Waals surface area contributed by atoms with E-state index >= 15 is 0 Å². The van der Waals surface area contributed by atoms with E-state index in [-0.39, 0.29) is 0 Å². The average molecular weight is 265 g/mol. The maximum atomic E-state index is 11.7. The molecule has 1 heterocycles. The summed E-state index contributed by atoms with van der Waals surface area (Å²) < 4.78 is 4.92. The Balaban J connectivity index is 2.46. The van der Waals surface area contributed by atoms with Gasteiger partial charge >= 0.3 is 6.03 Å². The van der Waals surface area contributed by atoms with Gasteiger partial charge in [0.2, 0.25) is 0 Å². The van der Waals surface area contributed by atoms with Crippen molar-refractivity contribution in [2.45, 2.75) is 26.4 Å². The second kappa shape index (κ2) is 8.20. The van der Waals surface area contributed by atoms with E-state index in [2.05, 4.69) is 15.6 Å². The molecule has 6 nitrogen and oxygen atoms in total. The van der Waals surface area contributed by atoms with Gasteiger partial charge in [-0.15, -0.1) is 0 Å². The van der Waals surface area contributed by atoms with Gasteiger partial charge in [-0.1, -0.05) is 13.3 Å². The summed E-state index contributed by atoms with van der Waals surface area (Å²) in [6.07, 6.45) is 3.29. The van der Waals surface area contributed by atoms with E-state index in [1.807, 2.05) is 6.92 Å². The Bertz CT molecular complexity index is 418. The lowest BCUT2D eigenvalue weighted by molar-refractivity contribution is 0.0963. The minimum atomic E-state index is -0.487. The number of nitrogens with one attached hydrogen (secondary N) is 2. The first-order valence-electron chi connectivity index (χ1n) is 6.20. The number of carbonyl (C=O) groups excluding carboxylic acids is 2. The van der Waals surface area contributed by atoms with Crippen LogP contribution in [0, 0.1) is 0 Å². The van der Waals surface area contributed by atoms with Gasteiger partial charge in [0.15, 0.2) is 0 Å². The van der Waals surface area contributed by atoms with Crippen molar-refractivity contribution in [1.82, 2.24) is 15.6 Å². The van der Waals surface area contributed by atoms with Crippen LogP contribution in [-0.2, 0) is 11.3 Å². The first kappa shape index (κ1) is 15.1. The van der Waals surface area contributed by atoms with Gasteiger partial charge in [-0.2, -0.15) is 0 Å². The molecule has 0 radical (unpaired) electrons. The van der Waals surface area contributed by atoms with Crippen molar-refractivity contribution in [3.05, 3.63) is 29.6 Å². The maximum Gasteiger partial charge on any atom is 0.321 e. The van der Waals surface area contributed by atoms with Crippen LogP contribution in [0.4, 0.5) is 4.79 Å². The van der Waals surface area contributed by atoms with Crippen LogP contribution in [0.15, 0.2) is 18.3 Å². The summed E-state index contributed by atoms with van der Waals surface area (Å²) in [6, 6.07) is 2.81. The van der Waals surface area contributed by atoms with Crippen LogP contribution >= 0.6 is 0 Å². The highest BCUT2D eigenvalue weighted by atomic mass is 16.5. The molecule has 0 aliphatic heterocycles. The van der Waals surface area contributed by atoms with Crippen LogP contribution in [0.2, 0.25) is 0 Å². The molecule has 0 aliphatic rings. The molecule has 0 spiro atoms. The predicted octanol–water partition coefficient (Wildman–Crippen LogP) is 1.47. The Morgan fingerprint density at radius 1 is 1.37 bits per heavy atom. The topological polar surface area (TPSA) is 80.3 Å². The largest absolute Gasteiger partial charge is 0.378 e. The van der Waals surface area contributed by atoms with Crippen molar-refractivity contribution in [2.24, 2.45) is 0 Å². The number of amides is 3. The van der Waals surface area contributed by atoms with Crippen molar-refractivity contribution >= 4 is 11.9 Å². The van der Waals surface area contributed by atoms with Gasteiger partial charge < -0.3 is 10.1 Å².